The molecule has 0 radical (unpaired) electrons. The normalized spacial score (nSPS) is 38.3. The average Bonchev–Trinajstić information content (AvgIpc) is 2.96. The molecule has 0 bridgehead atoms. The molecule has 146 valence electrons. The summed E-state index contributed by atoms with van der Waals surface area (Å²) in [6.07, 6.45) is 13.2. The van der Waals surface area contributed by atoms with Crippen LogP contribution in [0.15, 0.2) is 29.3 Å². The van der Waals surface area contributed by atoms with Crippen LogP contribution in [0.4, 0.5) is 0 Å². The van der Waals surface area contributed by atoms with E-state index in [-0.39, 0.29) is 41.4 Å². The Morgan fingerprint density at radius 1 is 1.23 bits per heavy atom. The van der Waals surface area contributed by atoms with E-state index in [1.54, 1.807) is 0 Å². The van der Waals surface area contributed by atoms with Crippen molar-refractivity contribution in [1.82, 2.24) is 10.4 Å². The molecule has 0 aromatic heterocycles. The van der Waals surface area contributed by atoms with Gasteiger partial charge in [-0.25, -0.2) is 5.01 Å². The fourth-order valence-corrected chi connectivity index (χ4v) is 6.56. The zero-order valence-corrected chi connectivity index (χ0v) is 17.8. The zero-order valence-electron chi connectivity index (χ0n) is 15.4. The van der Waals surface area contributed by atoms with Crippen molar-refractivity contribution in [2.24, 2.45) is 16.8 Å². The minimum absolute atomic E-state index is 0. The third-order valence-corrected chi connectivity index (χ3v) is 7.79. The van der Waals surface area contributed by atoms with Gasteiger partial charge in [-0.05, 0) is 45.1 Å². The molecular weight excluding hydrogens is 389 g/mol. The molecule has 26 heavy (non-hydrogen) atoms. The van der Waals surface area contributed by atoms with Crippen LogP contribution in [0.5, 0.6) is 0 Å². The van der Waals surface area contributed by atoms with E-state index in [9.17, 15) is 4.79 Å². The Labute approximate surface area is 173 Å². The number of carbonyl (C=O) groups is 1. The quantitative estimate of drug-likeness (QED) is 0.742. The van der Waals surface area contributed by atoms with Crippen molar-refractivity contribution >= 4 is 48.2 Å². The van der Waals surface area contributed by atoms with E-state index in [1.807, 2.05) is 11.8 Å². The molecule has 1 N–H and O–H groups in total. The highest BCUT2D eigenvalue weighted by Gasteiger charge is 2.54. The maximum atomic E-state index is 13.1. The summed E-state index contributed by atoms with van der Waals surface area (Å²) in [4.78, 5) is 17.8. The second kappa shape index (κ2) is 8.68. The molecule has 4 aliphatic rings. The molecule has 4 nitrogen and oxygen atoms in total. The minimum Gasteiger partial charge on any atom is -0.288 e. The lowest BCUT2D eigenvalue weighted by Crippen LogP contribution is -2.56. The van der Waals surface area contributed by atoms with Gasteiger partial charge in [0.15, 0.2) is 0 Å². The summed E-state index contributed by atoms with van der Waals surface area (Å²) in [5.74, 6) is 1.56. The number of hydrazine groups is 1. The van der Waals surface area contributed by atoms with Gasteiger partial charge in [0.1, 0.15) is 0 Å². The molecule has 5 unspecified atom stereocenters. The van der Waals surface area contributed by atoms with E-state index < -0.39 is 0 Å². The van der Waals surface area contributed by atoms with Gasteiger partial charge in [-0.1, -0.05) is 24.6 Å². The number of hydrogen-bond donors (Lipinski definition) is 1. The lowest BCUT2D eigenvalue weighted by molar-refractivity contribution is -0.134. The van der Waals surface area contributed by atoms with Crippen LogP contribution in [0.3, 0.4) is 0 Å². The van der Waals surface area contributed by atoms with Crippen molar-refractivity contribution < 1.29 is 4.79 Å². The zero-order chi connectivity index (χ0) is 16.7. The Hall–Kier alpha value is -0.490. The van der Waals surface area contributed by atoms with Gasteiger partial charge in [-0.2, -0.15) is 0 Å². The van der Waals surface area contributed by atoms with E-state index in [2.05, 4.69) is 48.6 Å². The van der Waals surface area contributed by atoms with Gasteiger partial charge in [0.25, 0.3) is 0 Å². The molecule has 5 atom stereocenters. The Bertz CT molecular complexity index is 614. The number of amides is 1. The molecule has 1 aliphatic carbocycles. The van der Waals surface area contributed by atoms with Gasteiger partial charge >= 0.3 is 0 Å². The first-order valence-electron chi connectivity index (χ1n) is 9.25. The third kappa shape index (κ3) is 3.60. The van der Waals surface area contributed by atoms with Crippen LogP contribution in [0.1, 0.15) is 39.5 Å². The van der Waals surface area contributed by atoms with Crippen molar-refractivity contribution in [3.63, 3.8) is 0 Å². The number of halogens is 2. The predicted molar refractivity (Wildman–Crippen MR) is 115 cm³/mol. The second-order valence-electron chi connectivity index (χ2n) is 7.60. The Balaban J connectivity index is 0.00000121. The SMILES string of the molecule is CC1CCCC(C)N1NC(=O)C1CSC23C=CC=CC2=NCCC13.Cl.Cl. The standard InChI is InChI=1S/C19H27N3OS.2ClH/c1-13-6-5-7-14(2)22(13)21-18(23)15-12-24-19-10-4-3-8-17(19)20-11-9-16(15)19;;/h3-4,8,10,13-16H,5-7,9,11-12H2,1-2H3,(H,21,23);2*1H. The van der Waals surface area contributed by atoms with E-state index in [4.69, 9.17) is 4.99 Å². The molecule has 2 saturated heterocycles. The highest BCUT2D eigenvalue weighted by atomic mass is 35.5. The van der Waals surface area contributed by atoms with Crippen molar-refractivity contribution in [2.75, 3.05) is 12.3 Å². The van der Waals surface area contributed by atoms with Crippen molar-refractivity contribution in [3.8, 4) is 0 Å². The molecule has 7 heteroatoms. The first-order chi connectivity index (χ1) is 11.6. The first-order valence-corrected chi connectivity index (χ1v) is 10.2. The monoisotopic (exact) mass is 417 g/mol. The van der Waals surface area contributed by atoms with Crippen LogP contribution in [0, 0.1) is 11.8 Å². The van der Waals surface area contributed by atoms with Crippen molar-refractivity contribution in [1.29, 1.82) is 0 Å². The fraction of sp³-hybridized carbons (Fsp3) is 0.684. The van der Waals surface area contributed by atoms with Gasteiger partial charge in [-0.15, -0.1) is 36.6 Å². The van der Waals surface area contributed by atoms with E-state index >= 15 is 0 Å². The predicted octanol–water partition coefficient (Wildman–Crippen LogP) is 3.81. The van der Waals surface area contributed by atoms with Gasteiger partial charge in [0, 0.05) is 24.4 Å². The Morgan fingerprint density at radius 3 is 2.69 bits per heavy atom. The number of allylic oxidation sites excluding steroid dienone is 3. The first kappa shape index (κ1) is 21.8. The van der Waals surface area contributed by atoms with E-state index in [0.29, 0.717) is 18.0 Å². The minimum atomic E-state index is -0.0614. The summed E-state index contributed by atoms with van der Waals surface area (Å²) in [5, 5.41) is 2.20. The molecule has 0 aromatic carbocycles. The summed E-state index contributed by atoms with van der Waals surface area (Å²) >= 11 is 1.91. The van der Waals surface area contributed by atoms with Gasteiger partial charge in [0.2, 0.25) is 5.91 Å². The maximum absolute atomic E-state index is 13.1. The third-order valence-electron chi connectivity index (χ3n) is 6.14. The Kier molecular flexibility index (Phi) is 7.28. The van der Waals surface area contributed by atoms with Gasteiger partial charge < -0.3 is 0 Å². The van der Waals surface area contributed by atoms with Gasteiger partial charge in [0.05, 0.1) is 16.4 Å². The summed E-state index contributed by atoms with van der Waals surface area (Å²) in [6, 6.07) is 0.864. The average molecular weight is 418 g/mol. The number of rotatable bonds is 2. The van der Waals surface area contributed by atoms with E-state index in [0.717, 1.165) is 18.7 Å². The molecule has 1 amide bonds. The van der Waals surface area contributed by atoms with Gasteiger partial charge in [-0.3, -0.25) is 15.2 Å². The molecule has 0 aromatic rings. The van der Waals surface area contributed by atoms with Crippen LogP contribution >= 0.6 is 36.6 Å². The topological polar surface area (TPSA) is 44.7 Å². The van der Waals surface area contributed by atoms with Crippen LogP contribution in [0.25, 0.3) is 0 Å². The highest BCUT2D eigenvalue weighted by Crippen LogP contribution is 2.52. The fourth-order valence-electron chi connectivity index (χ4n) is 4.77. The van der Waals surface area contributed by atoms with Crippen LogP contribution in [0.2, 0.25) is 0 Å². The number of piperidine rings is 1. The highest BCUT2D eigenvalue weighted by molar-refractivity contribution is 8.02. The molecule has 2 fully saturated rings. The van der Waals surface area contributed by atoms with Crippen molar-refractivity contribution in [2.45, 2.75) is 56.4 Å². The smallest absolute Gasteiger partial charge is 0.238 e. The van der Waals surface area contributed by atoms with E-state index in [1.165, 1.54) is 25.0 Å². The number of carbonyl (C=O) groups excluding carboxylic acids is 1. The second-order valence-corrected chi connectivity index (χ2v) is 8.90. The van der Waals surface area contributed by atoms with Crippen LogP contribution in [-0.4, -0.2) is 45.8 Å². The molecule has 4 rings (SSSR count). The number of aliphatic imine (C=N–C) groups is 1. The molecule has 1 spiro atoms. The number of nitrogens with zero attached hydrogens (tertiary/aromatic N) is 2. The summed E-state index contributed by atoms with van der Waals surface area (Å²) in [7, 11) is 0. The largest absolute Gasteiger partial charge is 0.288 e. The lowest BCUT2D eigenvalue weighted by Gasteiger charge is -2.41. The summed E-state index contributed by atoms with van der Waals surface area (Å²) in [5.41, 5.74) is 4.45. The molecule has 0 saturated carbocycles. The number of thioether (sulfide) groups is 1. The summed E-state index contributed by atoms with van der Waals surface area (Å²) < 4.78 is -0.0614. The molecule has 3 heterocycles. The summed E-state index contributed by atoms with van der Waals surface area (Å²) in [6.45, 7) is 5.29. The number of nitrogens with one attached hydrogen (secondary N) is 1. The van der Waals surface area contributed by atoms with Crippen LogP contribution < -0.4 is 5.43 Å². The maximum Gasteiger partial charge on any atom is 0.238 e. The molecule has 3 aliphatic heterocycles. The molecular formula is C19H29Cl2N3OS. The van der Waals surface area contributed by atoms with Crippen molar-refractivity contribution in [3.05, 3.63) is 24.3 Å². The lowest BCUT2D eigenvalue weighted by atomic mass is 9.74. The van der Waals surface area contributed by atoms with Crippen LogP contribution in [-0.2, 0) is 4.79 Å². The Morgan fingerprint density at radius 2 is 1.96 bits per heavy atom. The number of hydrogen-bond acceptors (Lipinski definition) is 4.